The minimum atomic E-state index is -1.06. The number of hydrogen-bond donors (Lipinski definition) is 8. The Morgan fingerprint density at radius 2 is 0.961 bits per heavy atom. The van der Waals surface area contributed by atoms with Crippen molar-refractivity contribution in [1.29, 1.82) is 0 Å². The standard InChI is InChI=1S/2C16H19N3O5S.Na.H/c2*1-16(2)11(15(23)24)19-13(22)10(14(19)25-16)18-12(21)9(17)7-3-5-8(20)6-4-7;;/h2*3-6,9-11,14,20H,17H2,1-2H3,(H,18,21)(H,23,24);;/t2*9-,10-,11+,14-;;/m11../s1. The molecule has 0 saturated carbocycles. The number of phenolic OH excluding ortho intramolecular Hbond substituents is 2. The monoisotopic (exact) mass is 754 g/mol. The Labute approximate surface area is 323 Å². The topological polar surface area (TPSA) is 266 Å². The summed E-state index contributed by atoms with van der Waals surface area (Å²) < 4.78 is -1.30. The molecule has 4 aliphatic rings. The van der Waals surface area contributed by atoms with Crippen molar-refractivity contribution in [2.24, 2.45) is 11.5 Å². The predicted molar refractivity (Wildman–Crippen MR) is 189 cm³/mol. The number of amides is 4. The Bertz CT molecular complexity index is 1600. The van der Waals surface area contributed by atoms with Crippen LogP contribution < -0.4 is 22.1 Å². The molecular weight excluding hydrogens is 716 g/mol. The number of thioether (sulfide) groups is 2. The Kier molecular flexibility index (Phi) is 11.7. The SMILES string of the molecule is CC1(C)S[C@@H]2[C@H](NC(=O)[C@H](N)c3ccc(O)cc3)C(=O)N2[C@H]1C(=O)O.CC1(C)S[C@@H]2[C@H](NC(=O)[C@H](N)c3ccc(O)cc3)C(=O)N2[C@H]1C(=O)O.[NaH]. The van der Waals surface area contributed by atoms with Crippen LogP contribution in [0.2, 0.25) is 0 Å². The van der Waals surface area contributed by atoms with Crippen LogP contribution in [0.5, 0.6) is 11.5 Å². The van der Waals surface area contributed by atoms with Crippen LogP contribution >= 0.6 is 23.5 Å². The van der Waals surface area contributed by atoms with E-state index in [0.717, 1.165) is 0 Å². The first-order chi connectivity index (χ1) is 23.3. The molecule has 0 bridgehead atoms. The summed E-state index contributed by atoms with van der Waals surface area (Å²) in [5.74, 6) is -3.88. The normalized spacial score (nSPS) is 27.5. The van der Waals surface area contributed by atoms with Crippen molar-refractivity contribution in [3.8, 4) is 11.5 Å². The number of benzene rings is 2. The number of β-lactam (4-membered cyclic amide) rings is 2. The second-order valence-corrected chi connectivity index (χ2v) is 16.8. The summed E-state index contributed by atoms with van der Waals surface area (Å²) in [6, 6.07) is 6.41. The number of nitrogens with two attached hydrogens (primary N) is 2. The summed E-state index contributed by atoms with van der Waals surface area (Å²) in [6.45, 7) is 7.07. The molecule has 16 nitrogen and oxygen atoms in total. The molecule has 51 heavy (non-hydrogen) atoms. The molecule has 2 aromatic rings. The number of carbonyl (C=O) groups is 6. The number of aromatic hydroxyl groups is 2. The van der Waals surface area contributed by atoms with Crippen molar-refractivity contribution in [3.05, 3.63) is 59.7 Å². The van der Waals surface area contributed by atoms with Crippen LogP contribution in [0.15, 0.2) is 48.5 Å². The number of nitrogens with zero attached hydrogens (tertiary/aromatic N) is 2. The summed E-state index contributed by atoms with van der Waals surface area (Å²) in [5, 5.41) is 41.7. The van der Waals surface area contributed by atoms with Gasteiger partial charge in [-0.2, -0.15) is 0 Å². The van der Waals surface area contributed by atoms with Gasteiger partial charge in [-0.1, -0.05) is 24.3 Å². The Morgan fingerprint density at radius 3 is 1.24 bits per heavy atom. The van der Waals surface area contributed by atoms with E-state index < -0.39 is 92.1 Å². The maximum absolute atomic E-state index is 12.3. The summed E-state index contributed by atoms with van der Waals surface area (Å²) in [6.07, 6.45) is 0. The fourth-order valence-electron chi connectivity index (χ4n) is 6.44. The number of carbonyl (C=O) groups excluding carboxylic acids is 4. The van der Waals surface area contributed by atoms with Crippen LogP contribution in [0.3, 0.4) is 0 Å². The van der Waals surface area contributed by atoms with Gasteiger partial charge >= 0.3 is 41.5 Å². The number of nitrogens with one attached hydrogen (secondary N) is 2. The molecule has 0 aromatic heterocycles. The van der Waals surface area contributed by atoms with Gasteiger partial charge in [-0.25, -0.2) is 9.59 Å². The zero-order valence-electron chi connectivity index (χ0n) is 27.3. The zero-order chi connectivity index (χ0) is 37.0. The fraction of sp³-hybridized carbons (Fsp3) is 0.438. The number of aliphatic carboxylic acids is 2. The van der Waals surface area contributed by atoms with Crippen LogP contribution in [0.25, 0.3) is 0 Å². The summed E-state index contributed by atoms with van der Waals surface area (Å²) >= 11 is 2.71. The van der Waals surface area contributed by atoms with Gasteiger partial charge < -0.3 is 52.3 Å². The van der Waals surface area contributed by atoms with Crippen LogP contribution in [0.4, 0.5) is 0 Å². The van der Waals surface area contributed by atoms with Crippen molar-refractivity contribution in [3.63, 3.8) is 0 Å². The average Bonchev–Trinajstić information content (AvgIpc) is 3.47. The second kappa shape index (κ2) is 14.8. The van der Waals surface area contributed by atoms with Crippen molar-refractivity contribution in [2.45, 2.75) is 84.2 Å². The molecule has 0 aliphatic carbocycles. The van der Waals surface area contributed by atoms with E-state index in [-0.39, 0.29) is 41.1 Å². The van der Waals surface area contributed by atoms with E-state index in [1.165, 1.54) is 81.9 Å². The van der Waals surface area contributed by atoms with Gasteiger partial charge in [-0.3, -0.25) is 19.2 Å². The van der Waals surface area contributed by atoms with E-state index >= 15 is 0 Å². The molecule has 4 fully saturated rings. The van der Waals surface area contributed by atoms with Gasteiger partial charge in [0.2, 0.25) is 23.6 Å². The van der Waals surface area contributed by atoms with E-state index in [1.807, 2.05) is 0 Å². The van der Waals surface area contributed by atoms with Crippen LogP contribution in [0.1, 0.15) is 50.9 Å². The van der Waals surface area contributed by atoms with E-state index in [0.29, 0.717) is 11.1 Å². The molecule has 4 amide bonds. The van der Waals surface area contributed by atoms with Gasteiger partial charge in [0.25, 0.3) is 0 Å². The minimum absolute atomic E-state index is 0. The molecule has 2 aromatic carbocycles. The molecule has 4 aliphatic heterocycles. The number of phenols is 2. The molecular formula is C32H39N6NaO10S2. The number of carboxylic acid groups (broad SMARTS) is 2. The van der Waals surface area contributed by atoms with Gasteiger partial charge in [0, 0.05) is 9.49 Å². The summed E-state index contributed by atoms with van der Waals surface area (Å²) in [7, 11) is 0. The fourth-order valence-corrected chi connectivity index (χ4v) is 9.69. The first-order valence-electron chi connectivity index (χ1n) is 15.4. The molecule has 0 radical (unpaired) electrons. The Balaban J connectivity index is 0.000000224. The Hall–Kier alpha value is -3.52. The number of hydrogen-bond acceptors (Lipinski definition) is 12. The van der Waals surface area contributed by atoms with Gasteiger partial charge in [-0.05, 0) is 63.1 Å². The summed E-state index contributed by atoms with van der Waals surface area (Å²) in [5.41, 5.74) is 12.8. The molecule has 4 saturated heterocycles. The van der Waals surface area contributed by atoms with Crippen LogP contribution in [-0.4, -0.2) is 140 Å². The number of carboxylic acids is 2. The van der Waals surface area contributed by atoms with Crippen molar-refractivity contribution in [1.82, 2.24) is 20.4 Å². The molecule has 270 valence electrons. The van der Waals surface area contributed by atoms with Gasteiger partial charge in [0.05, 0.1) is 0 Å². The molecule has 0 unspecified atom stereocenters. The van der Waals surface area contributed by atoms with Gasteiger partial charge in [0.15, 0.2) is 0 Å². The van der Waals surface area contributed by atoms with E-state index in [4.69, 9.17) is 11.5 Å². The summed E-state index contributed by atoms with van der Waals surface area (Å²) in [4.78, 5) is 74.9. The van der Waals surface area contributed by atoms with Crippen molar-refractivity contribution >= 4 is 88.6 Å². The molecule has 19 heteroatoms. The van der Waals surface area contributed by atoms with Crippen molar-refractivity contribution < 1.29 is 49.2 Å². The molecule has 10 N–H and O–H groups in total. The third kappa shape index (κ3) is 7.53. The molecule has 0 spiro atoms. The van der Waals surface area contributed by atoms with E-state index in [1.54, 1.807) is 27.7 Å². The van der Waals surface area contributed by atoms with E-state index in [2.05, 4.69) is 10.6 Å². The molecule has 8 atom stereocenters. The number of fused-ring (bicyclic) bond motifs is 2. The van der Waals surface area contributed by atoms with Crippen LogP contribution in [-0.2, 0) is 28.8 Å². The maximum atomic E-state index is 12.3. The molecule has 4 heterocycles. The first-order valence-corrected chi connectivity index (χ1v) is 17.2. The third-order valence-corrected chi connectivity index (χ3v) is 12.2. The quantitative estimate of drug-likeness (QED) is 0.124. The predicted octanol–water partition coefficient (Wildman–Crippen LogP) is -0.601. The third-order valence-electron chi connectivity index (χ3n) is 9.01. The zero-order valence-corrected chi connectivity index (χ0v) is 29.0. The van der Waals surface area contributed by atoms with Crippen molar-refractivity contribution in [2.75, 3.05) is 0 Å². The average molecular weight is 755 g/mol. The first kappa shape index (κ1) is 40.3. The molecule has 6 rings (SSSR count). The van der Waals surface area contributed by atoms with Crippen LogP contribution in [0, 0.1) is 0 Å². The number of rotatable bonds is 8. The second-order valence-electron chi connectivity index (χ2n) is 13.3. The van der Waals surface area contributed by atoms with Gasteiger partial charge in [0.1, 0.15) is 58.5 Å². The van der Waals surface area contributed by atoms with E-state index in [9.17, 15) is 49.2 Å². The Morgan fingerprint density at radius 1 is 0.667 bits per heavy atom. The van der Waals surface area contributed by atoms with Gasteiger partial charge in [-0.15, -0.1) is 23.5 Å².